The Kier molecular flexibility index (Phi) is 6.51. The van der Waals surface area contributed by atoms with Gasteiger partial charge in [0.15, 0.2) is 5.78 Å². The molecule has 0 aromatic heterocycles. The molecule has 0 amide bonds. The maximum Gasteiger partial charge on any atom is 0.330 e. The molecular formula is C10H14O3. The summed E-state index contributed by atoms with van der Waals surface area (Å²) in [6.07, 6.45) is 7.11. The van der Waals surface area contributed by atoms with Gasteiger partial charge >= 0.3 is 5.97 Å². The van der Waals surface area contributed by atoms with Crippen LogP contribution < -0.4 is 0 Å². The SMILES string of the molecule is CCCC(=O)/C=C/C=C/C(=O)OC. The van der Waals surface area contributed by atoms with Crippen molar-refractivity contribution in [3.05, 3.63) is 24.3 Å². The van der Waals surface area contributed by atoms with Gasteiger partial charge in [0.2, 0.25) is 0 Å². The highest BCUT2D eigenvalue weighted by Gasteiger charge is 1.91. The van der Waals surface area contributed by atoms with Crippen LogP contribution in [0.5, 0.6) is 0 Å². The highest BCUT2D eigenvalue weighted by molar-refractivity contribution is 5.90. The van der Waals surface area contributed by atoms with Crippen LogP contribution in [0.2, 0.25) is 0 Å². The van der Waals surface area contributed by atoms with E-state index in [-0.39, 0.29) is 5.78 Å². The van der Waals surface area contributed by atoms with E-state index in [0.717, 1.165) is 6.42 Å². The zero-order chi connectivity index (χ0) is 10.1. The molecule has 0 unspecified atom stereocenters. The molecule has 0 saturated heterocycles. The summed E-state index contributed by atoms with van der Waals surface area (Å²) in [6, 6.07) is 0. The normalized spacial score (nSPS) is 10.9. The molecule has 3 nitrogen and oxygen atoms in total. The molecule has 0 aliphatic rings. The third kappa shape index (κ3) is 7.00. The lowest BCUT2D eigenvalue weighted by Gasteiger charge is -1.87. The van der Waals surface area contributed by atoms with Crippen LogP contribution in [0, 0.1) is 0 Å². The van der Waals surface area contributed by atoms with E-state index in [2.05, 4.69) is 4.74 Å². The number of ketones is 1. The summed E-state index contributed by atoms with van der Waals surface area (Å²) < 4.78 is 4.36. The van der Waals surface area contributed by atoms with E-state index < -0.39 is 5.97 Å². The quantitative estimate of drug-likeness (QED) is 0.369. The van der Waals surface area contributed by atoms with Crippen LogP contribution in [-0.2, 0) is 14.3 Å². The van der Waals surface area contributed by atoms with Crippen molar-refractivity contribution in [1.82, 2.24) is 0 Å². The summed E-state index contributed by atoms with van der Waals surface area (Å²) in [5, 5.41) is 0. The van der Waals surface area contributed by atoms with E-state index >= 15 is 0 Å². The monoisotopic (exact) mass is 182 g/mol. The molecule has 0 spiro atoms. The first-order valence-corrected chi connectivity index (χ1v) is 4.16. The summed E-state index contributed by atoms with van der Waals surface area (Å²) >= 11 is 0. The van der Waals surface area contributed by atoms with Crippen molar-refractivity contribution in [2.24, 2.45) is 0 Å². The van der Waals surface area contributed by atoms with Crippen molar-refractivity contribution in [3.8, 4) is 0 Å². The van der Waals surface area contributed by atoms with Crippen molar-refractivity contribution >= 4 is 11.8 Å². The van der Waals surface area contributed by atoms with Gasteiger partial charge in [-0.05, 0) is 12.5 Å². The van der Waals surface area contributed by atoms with Crippen molar-refractivity contribution in [1.29, 1.82) is 0 Å². The van der Waals surface area contributed by atoms with Crippen molar-refractivity contribution in [2.45, 2.75) is 19.8 Å². The zero-order valence-corrected chi connectivity index (χ0v) is 7.95. The molecule has 0 N–H and O–H groups in total. The molecule has 3 heteroatoms. The number of allylic oxidation sites excluding steroid dienone is 3. The Morgan fingerprint density at radius 3 is 2.38 bits per heavy atom. The lowest BCUT2D eigenvalue weighted by Crippen LogP contribution is -1.93. The smallest absolute Gasteiger partial charge is 0.330 e. The fourth-order valence-electron chi connectivity index (χ4n) is 0.695. The number of carbonyl (C=O) groups is 2. The van der Waals surface area contributed by atoms with Gasteiger partial charge in [-0.25, -0.2) is 4.79 Å². The minimum atomic E-state index is -0.424. The molecule has 0 atom stereocenters. The largest absolute Gasteiger partial charge is 0.466 e. The molecule has 0 aliphatic heterocycles. The zero-order valence-electron chi connectivity index (χ0n) is 7.95. The van der Waals surface area contributed by atoms with Gasteiger partial charge in [0, 0.05) is 12.5 Å². The van der Waals surface area contributed by atoms with Crippen LogP contribution >= 0.6 is 0 Å². The van der Waals surface area contributed by atoms with E-state index in [1.54, 1.807) is 0 Å². The first-order chi connectivity index (χ1) is 6.20. The Hall–Kier alpha value is -1.38. The number of hydrogen-bond donors (Lipinski definition) is 0. The van der Waals surface area contributed by atoms with E-state index in [9.17, 15) is 9.59 Å². The van der Waals surface area contributed by atoms with Crippen LogP contribution in [0.15, 0.2) is 24.3 Å². The average molecular weight is 182 g/mol. The standard InChI is InChI=1S/C10H14O3/c1-3-6-9(11)7-4-5-8-10(12)13-2/h4-5,7-8H,3,6H2,1-2H3/b7-4+,8-5+. The van der Waals surface area contributed by atoms with Crippen molar-refractivity contribution in [2.75, 3.05) is 7.11 Å². The minimum Gasteiger partial charge on any atom is -0.466 e. The molecular weight excluding hydrogens is 168 g/mol. The maximum absolute atomic E-state index is 10.9. The highest BCUT2D eigenvalue weighted by atomic mass is 16.5. The fraction of sp³-hybridized carbons (Fsp3) is 0.400. The van der Waals surface area contributed by atoms with Gasteiger partial charge in [-0.3, -0.25) is 4.79 Å². The molecule has 0 rings (SSSR count). The second kappa shape index (κ2) is 7.28. The Morgan fingerprint density at radius 1 is 1.23 bits per heavy atom. The Labute approximate surface area is 78.1 Å². The lowest BCUT2D eigenvalue weighted by molar-refractivity contribution is -0.134. The maximum atomic E-state index is 10.9. The predicted molar refractivity (Wildman–Crippen MR) is 50.2 cm³/mol. The van der Waals surface area contributed by atoms with Crippen LogP contribution in [0.25, 0.3) is 0 Å². The van der Waals surface area contributed by atoms with E-state index in [1.807, 2.05) is 6.92 Å². The van der Waals surface area contributed by atoms with Crippen LogP contribution in [0.4, 0.5) is 0 Å². The summed E-state index contributed by atoms with van der Waals surface area (Å²) in [6.45, 7) is 1.94. The average Bonchev–Trinajstić information content (AvgIpc) is 2.12. The molecule has 0 heterocycles. The second-order valence-corrected chi connectivity index (χ2v) is 2.46. The highest BCUT2D eigenvalue weighted by Crippen LogP contribution is 1.90. The van der Waals surface area contributed by atoms with Crippen LogP contribution in [0.3, 0.4) is 0 Å². The second-order valence-electron chi connectivity index (χ2n) is 2.46. The van der Waals surface area contributed by atoms with E-state index in [0.29, 0.717) is 6.42 Å². The van der Waals surface area contributed by atoms with Gasteiger partial charge in [-0.2, -0.15) is 0 Å². The molecule has 72 valence electrons. The molecule has 0 radical (unpaired) electrons. The number of methoxy groups -OCH3 is 1. The topological polar surface area (TPSA) is 43.4 Å². The third-order valence-electron chi connectivity index (χ3n) is 1.32. The summed E-state index contributed by atoms with van der Waals surface area (Å²) in [5.41, 5.74) is 0. The summed E-state index contributed by atoms with van der Waals surface area (Å²) in [5.74, 6) is -0.357. The van der Waals surface area contributed by atoms with Gasteiger partial charge in [0.25, 0.3) is 0 Å². The first-order valence-electron chi connectivity index (χ1n) is 4.16. The molecule has 0 fully saturated rings. The van der Waals surface area contributed by atoms with Crippen molar-refractivity contribution in [3.63, 3.8) is 0 Å². The van der Waals surface area contributed by atoms with Gasteiger partial charge in [-0.15, -0.1) is 0 Å². The molecule has 13 heavy (non-hydrogen) atoms. The molecule has 0 saturated carbocycles. The first kappa shape index (κ1) is 11.6. The fourth-order valence-corrected chi connectivity index (χ4v) is 0.695. The van der Waals surface area contributed by atoms with Crippen LogP contribution in [-0.4, -0.2) is 18.9 Å². The number of hydrogen-bond acceptors (Lipinski definition) is 3. The van der Waals surface area contributed by atoms with Gasteiger partial charge in [0.1, 0.15) is 0 Å². The number of rotatable bonds is 5. The molecule has 0 bridgehead atoms. The predicted octanol–water partition coefficient (Wildman–Crippen LogP) is 1.64. The summed E-state index contributed by atoms with van der Waals surface area (Å²) in [4.78, 5) is 21.5. The molecule has 0 aromatic carbocycles. The summed E-state index contributed by atoms with van der Waals surface area (Å²) in [7, 11) is 1.30. The Bertz CT molecular complexity index is 226. The molecule has 0 aromatic rings. The van der Waals surface area contributed by atoms with Crippen molar-refractivity contribution < 1.29 is 14.3 Å². The van der Waals surface area contributed by atoms with E-state index in [1.165, 1.54) is 31.4 Å². The Morgan fingerprint density at radius 2 is 1.85 bits per heavy atom. The van der Waals surface area contributed by atoms with E-state index in [4.69, 9.17) is 0 Å². The molecule has 0 aliphatic carbocycles. The van der Waals surface area contributed by atoms with Crippen LogP contribution in [0.1, 0.15) is 19.8 Å². The Balaban J connectivity index is 3.80. The minimum absolute atomic E-state index is 0.0667. The lowest BCUT2D eigenvalue weighted by atomic mass is 10.2. The van der Waals surface area contributed by atoms with Gasteiger partial charge in [0.05, 0.1) is 7.11 Å². The third-order valence-corrected chi connectivity index (χ3v) is 1.32. The number of esters is 1. The number of ether oxygens (including phenoxy) is 1. The number of carbonyl (C=O) groups excluding carboxylic acids is 2. The van der Waals surface area contributed by atoms with Gasteiger partial charge < -0.3 is 4.74 Å². The van der Waals surface area contributed by atoms with Gasteiger partial charge in [-0.1, -0.05) is 19.1 Å².